The van der Waals surface area contributed by atoms with Gasteiger partial charge in [0, 0.05) is 37.1 Å². The Hall–Kier alpha value is -4.26. The lowest BCUT2D eigenvalue weighted by Gasteiger charge is -2.35. The summed E-state index contributed by atoms with van der Waals surface area (Å²) >= 11 is 0. The number of para-hydroxylation sites is 1. The minimum atomic E-state index is -0.723. The number of fused-ring (bicyclic) bond motifs is 1. The maximum atomic E-state index is 13.8. The maximum Gasteiger partial charge on any atom is 0.258 e. The number of benzene rings is 2. The van der Waals surface area contributed by atoms with Crippen molar-refractivity contribution in [2.24, 2.45) is 5.73 Å². The first-order valence-electron chi connectivity index (χ1n) is 10.3. The molecule has 0 bridgehead atoms. The molecule has 1 aliphatic rings. The third-order valence-corrected chi connectivity index (χ3v) is 5.74. The van der Waals surface area contributed by atoms with E-state index in [1.165, 1.54) is 0 Å². The second kappa shape index (κ2) is 8.11. The third kappa shape index (κ3) is 3.54. The van der Waals surface area contributed by atoms with E-state index in [0.717, 1.165) is 22.4 Å². The summed E-state index contributed by atoms with van der Waals surface area (Å²) in [6, 6.07) is 20.3. The van der Waals surface area contributed by atoms with E-state index in [0.29, 0.717) is 24.2 Å². The van der Waals surface area contributed by atoms with Gasteiger partial charge in [-0.25, -0.2) is 4.68 Å². The Morgan fingerprint density at radius 1 is 0.938 bits per heavy atom. The van der Waals surface area contributed by atoms with Gasteiger partial charge >= 0.3 is 0 Å². The first-order valence-corrected chi connectivity index (χ1v) is 10.3. The van der Waals surface area contributed by atoms with Gasteiger partial charge in [0.2, 0.25) is 5.91 Å². The molecular formula is C25H21N5O2. The summed E-state index contributed by atoms with van der Waals surface area (Å²) in [6.45, 7) is 0.311. The molecule has 32 heavy (non-hydrogen) atoms. The Balaban J connectivity index is 1.61. The summed E-state index contributed by atoms with van der Waals surface area (Å²) in [6.07, 6.45) is 5.44. The topological polar surface area (TPSA) is 94.1 Å². The molecule has 0 unspecified atom stereocenters. The van der Waals surface area contributed by atoms with Crippen LogP contribution in [-0.4, -0.2) is 37.5 Å². The summed E-state index contributed by atoms with van der Waals surface area (Å²) in [7, 11) is 0. The van der Waals surface area contributed by atoms with Crippen molar-refractivity contribution in [3.05, 3.63) is 102 Å². The molecule has 7 heteroatoms. The molecule has 4 aromatic rings. The van der Waals surface area contributed by atoms with E-state index in [1.54, 1.807) is 34.2 Å². The van der Waals surface area contributed by atoms with Crippen molar-refractivity contribution in [2.45, 2.75) is 19.0 Å². The predicted molar refractivity (Wildman–Crippen MR) is 120 cm³/mol. The van der Waals surface area contributed by atoms with E-state index < -0.39 is 11.9 Å². The zero-order valence-corrected chi connectivity index (χ0v) is 17.3. The normalized spacial score (nSPS) is 15.2. The van der Waals surface area contributed by atoms with Gasteiger partial charge in [0.05, 0.1) is 11.3 Å². The summed E-state index contributed by atoms with van der Waals surface area (Å²) in [5.41, 5.74) is 10.2. The lowest BCUT2D eigenvalue weighted by atomic mass is 9.93. The molecule has 0 aliphatic carbocycles. The van der Waals surface area contributed by atoms with Gasteiger partial charge in [0.1, 0.15) is 11.7 Å². The molecule has 0 spiro atoms. The van der Waals surface area contributed by atoms with Gasteiger partial charge in [0.15, 0.2) is 0 Å². The fourth-order valence-electron chi connectivity index (χ4n) is 4.10. The number of hydrogen-bond acceptors (Lipinski definition) is 4. The first-order chi connectivity index (χ1) is 15.6. The number of pyridine rings is 1. The number of primary amides is 1. The van der Waals surface area contributed by atoms with Gasteiger partial charge in [-0.3, -0.25) is 14.6 Å². The number of carbonyl (C=O) groups is 2. The molecule has 158 valence electrons. The van der Waals surface area contributed by atoms with Gasteiger partial charge in [-0.1, -0.05) is 42.5 Å². The molecule has 0 saturated carbocycles. The van der Waals surface area contributed by atoms with Crippen molar-refractivity contribution in [1.29, 1.82) is 0 Å². The third-order valence-electron chi connectivity index (χ3n) is 5.74. The van der Waals surface area contributed by atoms with E-state index >= 15 is 0 Å². The predicted octanol–water partition coefficient (Wildman–Crippen LogP) is 2.99. The minimum absolute atomic E-state index is 0.288. The van der Waals surface area contributed by atoms with Gasteiger partial charge < -0.3 is 10.6 Å². The van der Waals surface area contributed by atoms with Gasteiger partial charge in [0.25, 0.3) is 5.91 Å². The van der Waals surface area contributed by atoms with Crippen LogP contribution in [0.1, 0.15) is 21.5 Å². The summed E-state index contributed by atoms with van der Waals surface area (Å²) in [5, 5.41) is 4.69. The smallest absolute Gasteiger partial charge is 0.258 e. The Kier molecular flexibility index (Phi) is 4.99. The van der Waals surface area contributed by atoms with E-state index in [2.05, 4.69) is 4.98 Å². The molecule has 2 amide bonds. The number of hydrogen-bond donors (Lipinski definition) is 1. The molecule has 5 rings (SSSR count). The molecule has 1 atom stereocenters. The summed E-state index contributed by atoms with van der Waals surface area (Å²) < 4.78 is 1.67. The molecular weight excluding hydrogens is 402 g/mol. The van der Waals surface area contributed by atoms with Crippen LogP contribution in [0.15, 0.2) is 85.3 Å². The van der Waals surface area contributed by atoms with Gasteiger partial charge in [-0.2, -0.15) is 5.10 Å². The van der Waals surface area contributed by atoms with E-state index in [1.807, 2.05) is 60.7 Å². The molecule has 2 aromatic heterocycles. The highest BCUT2D eigenvalue weighted by molar-refractivity contribution is 6.02. The van der Waals surface area contributed by atoms with Crippen LogP contribution in [0.2, 0.25) is 0 Å². The quantitative estimate of drug-likeness (QED) is 0.546. The van der Waals surface area contributed by atoms with Crippen molar-refractivity contribution >= 4 is 11.8 Å². The Morgan fingerprint density at radius 3 is 2.41 bits per heavy atom. The van der Waals surface area contributed by atoms with Crippen LogP contribution in [-0.2, 0) is 17.8 Å². The number of rotatable bonds is 4. The highest BCUT2D eigenvalue weighted by Crippen LogP contribution is 2.29. The molecule has 3 heterocycles. The fraction of sp³-hybridized carbons (Fsp3) is 0.120. The van der Waals surface area contributed by atoms with Crippen LogP contribution in [0.25, 0.3) is 16.9 Å². The van der Waals surface area contributed by atoms with Crippen LogP contribution in [0.3, 0.4) is 0 Å². The van der Waals surface area contributed by atoms with Crippen molar-refractivity contribution in [3.63, 3.8) is 0 Å². The highest BCUT2D eigenvalue weighted by Gasteiger charge is 2.35. The number of carbonyl (C=O) groups excluding carboxylic acids is 2. The minimum Gasteiger partial charge on any atom is -0.368 e. The Labute approximate surface area is 185 Å². The maximum absolute atomic E-state index is 13.8. The largest absolute Gasteiger partial charge is 0.368 e. The van der Waals surface area contributed by atoms with Gasteiger partial charge in [-0.15, -0.1) is 0 Å². The van der Waals surface area contributed by atoms with E-state index in [4.69, 9.17) is 10.8 Å². The average Bonchev–Trinajstić information content (AvgIpc) is 3.29. The molecule has 2 aromatic carbocycles. The molecule has 0 saturated heterocycles. The fourth-order valence-corrected chi connectivity index (χ4v) is 4.10. The second-order valence-electron chi connectivity index (χ2n) is 7.74. The standard InChI is InChI=1S/C25H21N5O2/c26-24(31)22-13-17-7-4-5-8-19(17)15-29(22)25(32)21-16-30(20-10-2-1-3-11-20)28-23(21)18-9-6-12-27-14-18/h1-12,14,16,22H,13,15H2,(H2,26,31)/t22-/m1/s1. The number of nitrogens with zero attached hydrogens (tertiary/aromatic N) is 4. The summed E-state index contributed by atoms with van der Waals surface area (Å²) in [5.74, 6) is -0.810. The number of aromatic nitrogens is 3. The zero-order valence-electron chi connectivity index (χ0n) is 17.3. The van der Waals surface area contributed by atoms with Crippen LogP contribution in [0, 0.1) is 0 Å². The van der Waals surface area contributed by atoms with Crippen LogP contribution < -0.4 is 5.73 Å². The SMILES string of the molecule is NC(=O)[C@H]1Cc2ccccc2CN1C(=O)c1cn(-c2ccccc2)nc1-c1cccnc1. The molecule has 1 aliphatic heterocycles. The second-order valence-corrected chi connectivity index (χ2v) is 7.74. The molecule has 0 radical (unpaired) electrons. The Morgan fingerprint density at radius 2 is 1.69 bits per heavy atom. The Bertz CT molecular complexity index is 1280. The van der Waals surface area contributed by atoms with E-state index in [9.17, 15) is 9.59 Å². The first kappa shape index (κ1) is 19.7. The van der Waals surface area contributed by atoms with Crippen LogP contribution in [0.4, 0.5) is 0 Å². The van der Waals surface area contributed by atoms with Crippen molar-refractivity contribution in [3.8, 4) is 16.9 Å². The van der Waals surface area contributed by atoms with Crippen molar-refractivity contribution in [1.82, 2.24) is 19.7 Å². The number of amides is 2. The van der Waals surface area contributed by atoms with Gasteiger partial charge in [-0.05, 0) is 35.4 Å². The van der Waals surface area contributed by atoms with Crippen molar-refractivity contribution < 1.29 is 9.59 Å². The van der Waals surface area contributed by atoms with Crippen LogP contribution in [0.5, 0.6) is 0 Å². The monoisotopic (exact) mass is 423 g/mol. The molecule has 0 fully saturated rings. The molecule has 2 N–H and O–H groups in total. The zero-order chi connectivity index (χ0) is 22.1. The lowest BCUT2D eigenvalue weighted by molar-refractivity contribution is -0.122. The molecule has 7 nitrogen and oxygen atoms in total. The number of nitrogens with two attached hydrogens (primary N) is 1. The lowest BCUT2D eigenvalue weighted by Crippen LogP contribution is -2.51. The van der Waals surface area contributed by atoms with Crippen molar-refractivity contribution in [2.75, 3.05) is 0 Å². The summed E-state index contributed by atoms with van der Waals surface area (Å²) in [4.78, 5) is 31.8. The van der Waals surface area contributed by atoms with Crippen LogP contribution >= 0.6 is 0 Å². The average molecular weight is 423 g/mol. The highest BCUT2D eigenvalue weighted by atomic mass is 16.2. The van der Waals surface area contributed by atoms with E-state index in [-0.39, 0.29) is 5.91 Å².